The molecule has 0 spiro atoms. The SMILES string of the molecule is CC1CC(C)CN(C(=O)c2ccccc2NC(=O)CC(C)(C)CC(=O)O)C1. The van der Waals surface area contributed by atoms with E-state index in [0.29, 0.717) is 23.1 Å². The van der Waals surface area contributed by atoms with Gasteiger partial charge in [-0.05, 0) is 35.8 Å². The summed E-state index contributed by atoms with van der Waals surface area (Å²) in [4.78, 5) is 38.3. The minimum atomic E-state index is -0.934. The molecule has 1 aliphatic rings. The fourth-order valence-corrected chi connectivity index (χ4v) is 3.88. The van der Waals surface area contributed by atoms with Crippen LogP contribution in [0.25, 0.3) is 0 Å². The Morgan fingerprint density at radius 3 is 2.30 bits per heavy atom. The Balaban J connectivity index is 2.12. The topological polar surface area (TPSA) is 86.7 Å². The molecule has 1 saturated heterocycles. The smallest absolute Gasteiger partial charge is 0.303 e. The number of carboxylic acid groups (broad SMARTS) is 1. The molecule has 2 rings (SSSR count). The number of carbonyl (C=O) groups excluding carboxylic acids is 2. The number of piperidine rings is 1. The third kappa shape index (κ3) is 6.08. The Kier molecular flexibility index (Phi) is 6.63. The lowest BCUT2D eigenvalue weighted by Crippen LogP contribution is -2.42. The number of carboxylic acids is 1. The van der Waals surface area contributed by atoms with Crippen LogP contribution in [-0.4, -0.2) is 40.9 Å². The van der Waals surface area contributed by atoms with E-state index in [1.54, 1.807) is 38.1 Å². The highest BCUT2D eigenvalue weighted by molar-refractivity contribution is 6.03. The number of hydrogen-bond donors (Lipinski definition) is 2. The van der Waals surface area contributed by atoms with E-state index in [1.165, 1.54) is 0 Å². The van der Waals surface area contributed by atoms with Crippen molar-refractivity contribution in [3.8, 4) is 0 Å². The van der Waals surface area contributed by atoms with Gasteiger partial charge >= 0.3 is 5.97 Å². The lowest BCUT2D eigenvalue weighted by Gasteiger charge is -2.35. The third-order valence-electron chi connectivity index (χ3n) is 4.86. The van der Waals surface area contributed by atoms with Gasteiger partial charge in [0.25, 0.3) is 5.91 Å². The first kappa shape index (κ1) is 20.9. The predicted molar refractivity (Wildman–Crippen MR) is 105 cm³/mol. The highest BCUT2D eigenvalue weighted by Gasteiger charge is 2.29. The average Bonchev–Trinajstić information content (AvgIpc) is 2.51. The van der Waals surface area contributed by atoms with Crippen molar-refractivity contribution in [2.24, 2.45) is 17.3 Å². The average molecular weight is 374 g/mol. The third-order valence-corrected chi connectivity index (χ3v) is 4.86. The largest absolute Gasteiger partial charge is 0.481 e. The summed E-state index contributed by atoms with van der Waals surface area (Å²) in [5.41, 5.74) is 0.291. The molecule has 148 valence electrons. The molecule has 1 heterocycles. The molecule has 6 nitrogen and oxygen atoms in total. The van der Waals surface area contributed by atoms with Crippen molar-refractivity contribution in [1.29, 1.82) is 0 Å². The summed E-state index contributed by atoms with van der Waals surface area (Å²) in [5, 5.41) is 11.8. The molecule has 0 saturated carbocycles. The fraction of sp³-hybridized carbons (Fsp3) is 0.571. The van der Waals surface area contributed by atoms with Crippen molar-refractivity contribution in [3.63, 3.8) is 0 Å². The highest BCUT2D eigenvalue weighted by atomic mass is 16.4. The maximum absolute atomic E-state index is 13.0. The number of amides is 2. The summed E-state index contributed by atoms with van der Waals surface area (Å²) in [6, 6.07) is 7.00. The molecule has 2 unspecified atom stereocenters. The Morgan fingerprint density at radius 1 is 1.11 bits per heavy atom. The standard InChI is InChI=1S/C21H30N2O4/c1-14-9-15(2)13-23(12-14)20(27)16-7-5-6-8-17(16)22-18(24)10-21(3,4)11-19(25)26/h5-8,14-15H,9-13H2,1-4H3,(H,22,24)(H,25,26). The number of nitrogens with zero attached hydrogens (tertiary/aromatic N) is 1. The normalized spacial score (nSPS) is 20.2. The molecule has 27 heavy (non-hydrogen) atoms. The predicted octanol–water partition coefficient (Wildman–Crippen LogP) is 3.63. The van der Waals surface area contributed by atoms with Gasteiger partial charge in [-0.1, -0.05) is 39.8 Å². The van der Waals surface area contributed by atoms with E-state index in [9.17, 15) is 14.4 Å². The van der Waals surface area contributed by atoms with Crippen LogP contribution in [0.2, 0.25) is 0 Å². The summed E-state index contributed by atoms with van der Waals surface area (Å²) in [7, 11) is 0. The summed E-state index contributed by atoms with van der Waals surface area (Å²) in [6.45, 7) is 9.22. The zero-order valence-corrected chi connectivity index (χ0v) is 16.6. The van der Waals surface area contributed by atoms with Crippen LogP contribution in [-0.2, 0) is 9.59 Å². The van der Waals surface area contributed by atoms with E-state index in [0.717, 1.165) is 19.5 Å². The molecule has 2 amide bonds. The van der Waals surface area contributed by atoms with Crippen LogP contribution < -0.4 is 5.32 Å². The maximum Gasteiger partial charge on any atom is 0.303 e. The lowest BCUT2D eigenvalue weighted by molar-refractivity contribution is -0.139. The van der Waals surface area contributed by atoms with Gasteiger partial charge in [0.05, 0.1) is 17.7 Å². The number of hydrogen-bond acceptors (Lipinski definition) is 3. The van der Waals surface area contributed by atoms with Crippen LogP contribution in [0, 0.1) is 17.3 Å². The van der Waals surface area contributed by atoms with E-state index in [1.807, 2.05) is 4.90 Å². The summed E-state index contributed by atoms with van der Waals surface area (Å²) >= 11 is 0. The molecular formula is C21H30N2O4. The summed E-state index contributed by atoms with van der Waals surface area (Å²) in [5.74, 6) is -0.389. The molecule has 0 radical (unpaired) electrons. The van der Waals surface area contributed by atoms with Gasteiger partial charge in [0.2, 0.25) is 5.91 Å². The molecule has 0 aromatic heterocycles. The van der Waals surface area contributed by atoms with Crippen LogP contribution >= 0.6 is 0 Å². The minimum absolute atomic E-state index is 0.0691. The molecule has 2 atom stereocenters. The van der Waals surface area contributed by atoms with Gasteiger partial charge in [-0.2, -0.15) is 0 Å². The molecule has 0 aliphatic carbocycles. The van der Waals surface area contributed by atoms with Gasteiger partial charge < -0.3 is 15.3 Å². The second kappa shape index (κ2) is 8.55. The quantitative estimate of drug-likeness (QED) is 0.796. The molecule has 2 N–H and O–H groups in total. The first-order valence-corrected chi connectivity index (χ1v) is 9.47. The number of nitrogens with one attached hydrogen (secondary N) is 1. The van der Waals surface area contributed by atoms with Gasteiger partial charge in [-0.25, -0.2) is 0 Å². The number of benzene rings is 1. The molecular weight excluding hydrogens is 344 g/mol. The van der Waals surface area contributed by atoms with E-state index >= 15 is 0 Å². The monoisotopic (exact) mass is 374 g/mol. The van der Waals surface area contributed by atoms with Crippen molar-refractivity contribution in [1.82, 2.24) is 4.90 Å². The van der Waals surface area contributed by atoms with Crippen molar-refractivity contribution in [3.05, 3.63) is 29.8 Å². The van der Waals surface area contributed by atoms with Crippen molar-refractivity contribution in [2.45, 2.75) is 47.0 Å². The first-order chi connectivity index (χ1) is 12.6. The zero-order chi connectivity index (χ0) is 20.2. The van der Waals surface area contributed by atoms with Crippen LogP contribution in [0.3, 0.4) is 0 Å². The molecule has 1 fully saturated rings. The van der Waals surface area contributed by atoms with Gasteiger partial charge in [-0.3, -0.25) is 14.4 Å². The van der Waals surface area contributed by atoms with Gasteiger partial charge in [0.15, 0.2) is 0 Å². The van der Waals surface area contributed by atoms with E-state index in [-0.39, 0.29) is 24.7 Å². The number of aliphatic carboxylic acids is 1. The molecule has 0 bridgehead atoms. The van der Waals surface area contributed by atoms with E-state index < -0.39 is 11.4 Å². The lowest BCUT2D eigenvalue weighted by atomic mass is 9.85. The Labute approximate surface area is 160 Å². The number of anilines is 1. The number of rotatable bonds is 6. The summed E-state index contributed by atoms with van der Waals surface area (Å²) < 4.78 is 0. The van der Waals surface area contributed by atoms with E-state index in [2.05, 4.69) is 19.2 Å². The van der Waals surface area contributed by atoms with Crippen LogP contribution in [0.15, 0.2) is 24.3 Å². The zero-order valence-electron chi connectivity index (χ0n) is 16.6. The fourth-order valence-electron chi connectivity index (χ4n) is 3.88. The number of para-hydroxylation sites is 1. The van der Waals surface area contributed by atoms with Crippen molar-refractivity contribution in [2.75, 3.05) is 18.4 Å². The van der Waals surface area contributed by atoms with Crippen molar-refractivity contribution < 1.29 is 19.5 Å². The van der Waals surface area contributed by atoms with Gasteiger partial charge in [-0.15, -0.1) is 0 Å². The highest BCUT2D eigenvalue weighted by Crippen LogP contribution is 2.28. The van der Waals surface area contributed by atoms with Crippen LogP contribution in [0.4, 0.5) is 5.69 Å². The van der Waals surface area contributed by atoms with E-state index in [4.69, 9.17) is 5.11 Å². The number of carbonyl (C=O) groups is 3. The second-order valence-electron chi connectivity index (χ2n) is 8.66. The first-order valence-electron chi connectivity index (χ1n) is 9.47. The molecule has 1 aliphatic heterocycles. The second-order valence-corrected chi connectivity index (χ2v) is 8.66. The van der Waals surface area contributed by atoms with Gasteiger partial charge in [0, 0.05) is 19.5 Å². The molecule has 1 aromatic carbocycles. The minimum Gasteiger partial charge on any atom is -0.481 e. The molecule has 1 aromatic rings. The van der Waals surface area contributed by atoms with Gasteiger partial charge in [0.1, 0.15) is 0 Å². The maximum atomic E-state index is 13.0. The van der Waals surface area contributed by atoms with Crippen LogP contribution in [0.5, 0.6) is 0 Å². The van der Waals surface area contributed by atoms with Crippen molar-refractivity contribution >= 4 is 23.5 Å². The molecule has 6 heteroatoms. The number of likely N-dealkylation sites (tertiary alicyclic amines) is 1. The Bertz CT molecular complexity index is 704. The Morgan fingerprint density at radius 2 is 1.70 bits per heavy atom. The Hall–Kier alpha value is -2.37. The van der Waals surface area contributed by atoms with Crippen LogP contribution in [0.1, 0.15) is 57.3 Å². The summed E-state index contributed by atoms with van der Waals surface area (Å²) in [6.07, 6.45) is 1.09.